The van der Waals surface area contributed by atoms with Gasteiger partial charge >= 0.3 is 6.18 Å². The van der Waals surface area contributed by atoms with E-state index >= 15 is 0 Å². The van der Waals surface area contributed by atoms with Gasteiger partial charge in [0.05, 0.1) is 28.4 Å². The molecule has 5 rings (SSSR count). The first-order chi connectivity index (χ1) is 17.0. The summed E-state index contributed by atoms with van der Waals surface area (Å²) in [5.41, 5.74) is -3.07. The summed E-state index contributed by atoms with van der Waals surface area (Å²) in [6, 6.07) is 8.35. The highest BCUT2D eigenvalue weighted by Crippen LogP contribution is 2.58. The molecule has 0 radical (unpaired) electrons. The number of benzene rings is 2. The fourth-order valence-electron chi connectivity index (χ4n) is 5.50. The third-order valence-electron chi connectivity index (χ3n) is 7.18. The minimum Gasteiger partial charge on any atom is -0.355 e. The van der Waals surface area contributed by atoms with Crippen molar-refractivity contribution >= 4 is 40.5 Å². The molecule has 2 amide bonds. The van der Waals surface area contributed by atoms with Gasteiger partial charge in [0.2, 0.25) is 0 Å². The van der Waals surface area contributed by atoms with E-state index in [0.29, 0.717) is 12.8 Å². The highest BCUT2D eigenvalue weighted by Gasteiger charge is 2.68. The molecule has 1 saturated carbocycles. The second-order valence-corrected chi connectivity index (χ2v) is 9.27. The maximum Gasteiger partial charge on any atom is 0.417 e. The molecule has 0 bridgehead atoms. The molecule has 1 heterocycles. The molecule has 184 valence electrons. The number of anilines is 2. The lowest BCUT2D eigenvalue weighted by atomic mass is 9.59. The minimum atomic E-state index is -4.82. The molecule has 1 N–H and O–H groups in total. The van der Waals surface area contributed by atoms with Crippen molar-refractivity contribution in [2.75, 3.05) is 16.8 Å². The second kappa shape index (κ2) is 8.13. The van der Waals surface area contributed by atoms with Crippen LogP contribution >= 0.6 is 12.2 Å². The van der Waals surface area contributed by atoms with E-state index in [2.05, 4.69) is 5.32 Å². The van der Waals surface area contributed by atoms with Crippen LogP contribution in [-0.2, 0) is 11.0 Å². The number of thiocarbonyl (C=S) groups is 1. The van der Waals surface area contributed by atoms with Crippen molar-refractivity contribution in [2.45, 2.75) is 24.6 Å². The molecular formula is C25H18F4N4O2S. The number of nitrogens with one attached hydrogen (secondary N) is 1. The molecule has 0 aromatic heterocycles. The Morgan fingerprint density at radius 3 is 2.56 bits per heavy atom. The highest BCUT2D eigenvalue weighted by molar-refractivity contribution is 7.81. The maximum atomic E-state index is 14.9. The van der Waals surface area contributed by atoms with E-state index in [9.17, 15) is 27.2 Å². The highest BCUT2D eigenvalue weighted by atomic mass is 32.1. The van der Waals surface area contributed by atoms with Gasteiger partial charge in [0.15, 0.2) is 5.11 Å². The average Bonchev–Trinajstić information content (AvgIpc) is 3.32. The Hall–Kier alpha value is -3.78. The minimum absolute atomic E-state index is 0.0842. The monoisotopic (exact) mass is 514 g/mol. The maximum absolute atomic E-state index is 14.9. The van der Waals surface area contributed by atoms with E-state index in [1.54, 1.807) is 0 Å². The van der Waals surface area contributed by atoms with E-state index in [4.69, 9.17) is 17.5 Å². The molecule has 2 fully saturated rings. The summed E-state index contributed by atoms with van der Waals surface area (Å²) in [6.45, 7) is 0. The molecule has 3 atom stereocenters. The summed E-state index contributed by atoms with van der Waals surface area (Å²) in [6.07, 6.45) is 0.0264. The summed E-state index contributed by atoms with van der Waals surface area (Å²) >= 11 is 5.62. The van der Waals surface area contributed by atoms with Crippen molar-refractivity contribution in [1.82, 2.24) is 5.32 Å². The molecule has 2 aromatic rings. The fraction of sp³-hybridized carbons (Fsp3) is 0.280. The van der Waals surface area contributed by atoms with Gasteiger partial charge in [-0.3, -0.25) is 14.5 Å². The van der Waals surface area contributed by atoms with Crippen LogP contribution in [-0.4, -0.2) is 29.5 Å². The Morgan fingerprint density at radius 2 is 1.94 bits per heavy atom. The molecule has 1 saturated heterocycles. The number of nitriles is 1. The number of amides is 2. The van der Waals surface area contributed by atoms with Gasteiger partial charge in [-0.25, -0.2) is 4.39 Å². The number of alkyl halides is 3. The van der Waals surface area contributed by atoms with Crippen molar-refractivity contribution in [3.63, 3.8) is 0 Å². The number of allylic oxidation sites excluding steroid dienone is 2. The van der Waals surface area contributed by atoms with Crippen molar-refractivity contribution in [3.8, 4) is 6.07 Å². The first-order valence-electron chi connectivity index (χ1n) is 11.0. The Balaban J connectivity index is 1.64. The average molecular weight is 515 g/mol. The lowest BCUT2D eigenvalue weighted by Crippen LogP contribution is -2.65. The summed E-state index contributed by atoms with van der Waals surface area (Å²) in [7, 11) is 1.37. The van der Waals surface area contributed by atoms with Gasteiger partial charge in [-0.1, -0.05) is 12.2 Å². The smallest absolute Gasteiger partial charge is 0.355 e. The topological polar surface area (TPSA) is 76.4 Å². The number of halogens is 4. The van der Waals surface area contributed by atoms with Crippen molar-refractivity contribution < 1.29 is 27.2 Å². The normalized spacial score (nSPS) is 24.7. The van der Waals surface area contributed by atoms with E-state index in [1.165, 1.54) is 36.2 Å². The Kier molecular flexibility index (Phi) is 5.41. The molecule has 2 aliphatic carbocycles. The molecule has 6 nitrogen and oxygen atoms in total. The van der Waals surface area contributed by atoms with Crippen LogP contribution in [0.3, 0.4) is 0 Å². The zero-order valence-electron chi connectivity index (χ0n) is 18.8. The van der Waals surface area contributed by atoms with Crippen LogP contribution in [0.25, 0.3) is 0 Å². The summed E-state index contributed by atoms with van der Waals surface area (Å²) in [4.78, 5) is 28.4. The molecule has 36 heavy (non-hydrogen) atoms. The van der Waals surface area contributed by atoms with Gasteiger partial charge in [-0.2, -0.15) is 18.4 Å². The number of carbonyl (C=O) groups is 2. The van der Waals surface area contributed by atoms with Crippen LogP contribution in [0.15, 0.2) is 48.6 Å². The lowest BCUT2D eigenvalue weighted by molar-refractivity contribution is -0.137. The van der Waals surface area contributed by atoms with Crippen LogP contribution in [0.1, 0.15) is 34.3 Å². The summed E-state index contributed by atoms with van der Waals surface area (Å²) < 4.78 is 55.8. The number of hydrogen-bond donors (Lipinski definition) is 1. The standard InChI is InChI=1S/C25H18F4N4O2S/c1-31-21(34)17-8-7-16(10-20(17)26)33-23(36)32(22(35)24(33)11-13-3-2-4-18(13)24)15-6-5-14(12-30)19(9-15)25(27,28)29/h2-3,5-10,13,18H,4,11H2,1H3,(H,31,34). The predicted octanol–water partition coefficient (Wildman–Crippen LogP) is 4.55. The number of fused-ring (bicyclic) bond motifs is 2. The summed E-state index contributed by atoms with van der Waals surface area (Å²) in [5.74, 6) is -2.08. The molecule has 3 unspecified atom stereocenters. The van der Waals surface area contributed by atoms with E-state index in [1.807, 2.05) is 12.2 Å². The quantitative estimate of drug-likeness (QED) is 0.370. The number of rotatable bonds is 3. The molecule has 11 heteroatoms. The first kappa shape index (κ1) is 23.9. The van der Waals surface area contributed by atoms with Gasteiger partial charge in [0, 0.05) is 18.7 Å². The first-order valence-corrected chi connectivity index (χ1v) is 11.4. The Morgan fingerprint density at radius 1 is 1.22 bits per heavy atom. The number of carbonyl (C=O) groups excluding carboxylic acids is 2. The van der Waals surface area contributed by atoms with Crippen LogP contribution in [0.4, 0.5) is 28.9 Å². The number of nitrogens with zero attached hydrogens (tertiary/aromatic N) is 3. The third kappa shape index (κ3) is 3.24. The van der Waals surface area contributed by atoms with Crippen molar-refractivity contribution in [3.05, 3.63) is 71.1 Å². The van der Waals surface area contributed by atoms with Crippen LogP contribution in [0.5, 0.6) is 0 Å². The van der Waals surface area contributed by atoms with E-state index in [0.717, 1.165) is 23.1 Å². The zero-order chi connectivity index (χ0) is 26.0. The van der Waals surface area contributed by atoms with Crippen LogP contribution < -0.4 is 15.1 Å². The van der Waals surface area contributed by atoms with Gasteiger partial charge in [-0.05, 0) is 67.4 Å². The molecule has 1 spiro atoms. The Labute approximate surface area is 208 Å². The van der Waals surface area contributed by atoms with Crippen LogP contribution in [0.2, 0.25) is 0 Å². The largest absolute Gasteiger partial charge is 0.417 e. The lowest BCUT2D eigenvalue weighted by Gasteiger charge is -2.52. The third-order valence-corrected chi connectivity index (χ3v) is 7.54. The van der Waals surface area contributed by atoms with E-state index in [-0.39, 0.29) is 33.9 Å². The van der Waals surface area contributed by atoms with Gasteiger partial charge in [-0.15, -0.1) is 0 Å². The van der Waals surface area contributed by atoms with Crippen LogP contribution in [0, 0.1) is 29.0 Å². The zero-order valence-corrected chi connectivity index (χ0v) is 19.6. The Bertz CT molecular complexity index is 1400. The van der Waals surface area contributed by atoms with Gasteiger partial charge in [0.25, 0.3) is 11.8 Å². The molecule has 3 aliphatic rings. The molecule has 1 aliphatic heterocycles. The van der Waals surface area contributed by atoms with Crippen molar-refractivity contribution in [1.29, 1.82) is 5.26 Å². The fourth-order valence-corrected chi connectivity index (χ4v) is 5.96. The van der Waals surface area contributed by atoms with E-state index < -0.39 is 40.5 Å². The van der Waals surface area contributed by atoms with Crippen molar-refractivity contribution in [2.24, 2.45) is 11.8 Å². The number of hydrogen-bond acceptors (Lipinski definition) is 4. The predicted molar refractivity (Wildman–Crippen MR) is 127 cm³/mol. The second-order valence-electron chi connectivity index (χ2n) is 8.90. The van der Waals surface area contributed by atoms with Gasteiger partial charge in [0.1, 0.15) is 11.4 Å². The SMILES string of the molecule is CNC(=O)c1ccc(N2C(=S)N(c3ccc(C#N)c(C(F)(F)F)c3)C(=O)C23CC2C=CCC23)cc1F. The molecular weight excluding hydrogens is 496 g/mol. The molecule has 2 aromatic carbocycles. The van der Waals surface area contributed by atoms with Gasteiger partial charge < -0.3 is 10.2 Å². The summed E-state index contributed by atoms with van der Waals surface area (Å²) in [5, 5.41) is 11.4.